The largest absolute Gasteiger partial charge is 0.352 e. The molecule has 1 aromatic heterocycles. The fourth-order valence-corrected chi connectivity index (χ4v) is 4.10. The van der Waals surface area contributed by atoms with Gasteiger partial charge < -0.3 is 9.88 Å². The molecular formula is C27H29N3O. The van der Waals surface area contributed by atoms with E-state index < -0.39 is 0 Å². The number of benzene rings is 3. The molecule has 0 fully saturated rings. The maximum atomic E-state index is 12.5. The Morgan fingerprint density at radius 3 is 2.55 bits per heavy atom. The molecule has 4 heteroatoms. The predicted molar refractivity (Wildman–Crippen MR) is 127 cm³/mol. The fourth-order valence-electron chi connectivity index (χ4n) is 4.10. The third kappa shape index (κ3) is 4.85. The molecule has 0 unspecified atom stereocenters. The number of hydrogen-bond donors (Lipinski definition) is 1. The number of aryl methyl sites for hydroxylation is 4. The maximum absolute atomic E-state index is 12.5. The molecule has 0 atom stereocenters. The summed E-state index contributed by atoms with van der Waals surface area (Å²) in [5.41, 5.74) is 7.63. The summed E-state index contributed by atoms with van der Waals surface area (Å²) in [6.07, 6.45) is 1.65. The normalized spacial score (nSPS) is 11.1. The van der Waals surface area contributed by atoms with Gasteiger partial charge in [-0.2, -0.15) is 0 Å². The van der Waals surface area contributed by atoms with E-state index in [9.17, 15) is 4.79 Å². The molecule has 158 valence electrons. The quantitative estimate of drug-likeness (QED) is 0.416. The van der Waals surface area contributed by atoms with E-state index >= 15 is 0 Å². The van der Waals surface area contributed by atoms with Gasteiger partial charge in [0.2, 0.25) is 0 Å². The number of aromatic nitrogens is 2. The van der Waals surface area contributed by atoms with Gasteiger partial charge in [-0.15, -0.1) is 0 Å². The van der Waals surface area contributed by atoms with Crippen molar-refractivity contribution in [1.29, 1.82) is 0 Å². The van der Waals surface area contributed by atoms with E-state index in [-0.39, 0.29) is 5.91 Å². The fraction of sp³-hybridized carbons (Fsp3) is 0.259. The Morgan fingerprint density at radius 1 is 0.935 bits per heavy atom. The van der Waals surface area contributed by atoms with Crippen LogP contribution in [-0.4, -0.2) is 22.0 Å². The monoisotopic (exact) mass is 411 g/mol. The highest BCUT2D eigenvalue weighted by Crippen LogP contribution is 2.19. The third-order valence-corrected chi connectivity index (χ3v) is 5.65. The molecule has 4 nitrogen and oxygen atoms in total. The van der Waals surface area contributed by atoms with Crippen LogP contribution in [0.5, 0.6) is 0 Å². The van der Waals surface area contributed by atoms with Crippen molar-refractivity contribution in [3.8, 4) is 0 Å². The van der Waals surface area contributed by atoms with Gasteiger partial charge in [0.1, 0.15) is 5.82 Å². The van der Waals surface area contributed by atoms with Crippen molar-refractivity contribution >= 4 is 16.9 Å². The lowest BCUT2D eigenvalue weighted by Gasteiger charge is -2.11. The number of hydrogen-bond acceptors (Lipinski definition) is 2. The smallest absolute Gasteiger partial charge is 0.251 e. The second-order valence-electron chi connectivity index (χ2n) is 8.27. The van der Waals surface area contributed by atoms with Gasteiger partial charge in [-0.3, -0.25) is 4.79 Å². The van der Waals surface area contributed by atoms with Crippen LogP contribution >= 0.6 is 0 Å². The number of imidazole rings is 1. The Bertz CT molecular complexity index is 1220. The molecule has 0 spiro atoms. The molecule has 0 aliphatic rings. The maximum Gasteiger partial charge on any atom is 0.251 e. The van der Waals surface area contributed by atoms with E-state index in [0.717, 1.165) is 47.4 Å². The summed E-state index contributed by atoms with van der Waals surface area (Å²) in [5, 5.41) is 3.06. The number of rotatable bonds is 7. The third-order valence-electron chi connectivity index (χ3n) is 5.65. The van der Waals surface area contributed by atoms with Gasteiger partial charge in [0, 0.05) is 25.1 Å². The van der Waals surface area contributed by atoms with E-state index in [1.165, 1.54) is 16.7 Å². The Balaban J connectivity index is 1.45. The molecule has 1 amide bonds. The molecule has 4 aromatic rings. The molecule has 4 rings (SSSR count). The van der Waals surface area contributed by atoms with Crippen LogP contribution in [-0.2, 0) is 13.0 Å². The van der Waals surface area contributed by atoms with Crippen molar-refractivity contribution in [1.82, 2.24) is 14.9 Å². The molecule has 1 heterocycles. The number of nitrogens with one attached hydrogen (secondary N) is 1. The first-order valence-electron chi connectivity index (χ1n) is 10.9. The lowest BCUT2D eigenvalue weighted by atomic mass is 10.1. The zero-order valence-electron chi connectivity index (χ0n) is 18.5. The summed E-state index contributed by atoms with van der Waals surface area (Å²) in [4.78, 5) is 17.4. The van der Waals surface area contributed by atoms with E-state index in [2.05, 4.69) is 59.3 Å². The molecule has 0 aliphatic carbocycles. The van der Waals surface area contributed by atoms with Crippen LogP contribution in [0.4, 0.5) is 0 Å². The van der Waals surface area contributed by atoms with Crippen molar-refractivity contribution in [3.63, 3.8) is 0 Å². The molecule has 1 N–H and O–H groups in total. The Hall–Kier alpha value is -3.40. The molecule has 0 saturated heterocycles. The molecule has 3 aromatic carbocycles. The summed E-state index contributed by atoms with van der Waals surface area (Å²) < 4.78 is 2.30. The van der Waals surface area contributed by atoms with Gasteiger partial charge in [0.15, 0.2) is 0 Å². The number of nitrogens with zero attached hydrogens (tertiary/aromatic N) is 2. The SMILES string of the molecule is Cc1cccc(Cn2c(CCCNC(=O)c3ccc(C)cc3C)nc3ccccc32)c1. The van der Waals surface area contributed by atoms with Crippen molar-refractivity contribution in [3.05, 3.63) is 100 Å². The van der Waals surface area contributed by atoms with Gasteiger partial charge in [0.05, 0.1) is 11.0 Å². The van der Waals surface area contributed by atoms with Gasteiger partial charge in [-0.1, -0.05) is 59.7 Å². The highest BCUT2D eigenvalue weighted by atomic mass is 16.1. The van der Waals surface area contributed by atoms with Crippen LogP contribution in [0.2, 0.25) is 0 Å². The minimum Gasteiger partial charge on any atom is -0.352 e. The Morgan fingerprint density at radius 2 is 1.74 bits per heavy atom. The van der Waals surface area contributed by atoms with Crippen LogP contribution < -0.4 is 5.32 Å². The average molecular weight is 412 g/mol. The molecule has 0 radical (unpaired) electrons. The number of amides is 1. The number of carbonyl (C=O) groups excluding carboxylic acids is 1. The number of para-hydroxylation sites is 2. The number of fused-ring (bicyclic) bond motifs is 1. The zero-order chi connectivity index (χ0) is 21.8. The van der Waals surface area contributed by atoms with E-state index in [0.29, 0.717) is 6.54 Å². The highest BCUT2D eigenvalue weighted by Gasteiger charge is 2.12. The number of carbonyl (C=O) groups is 1. The topological polar surface area (TPSA) is 46.9 Å². The van der Waals surface area contributed by atoms with E-state index in [1.54, 1.807) is 0 Å². The first-order valence-corrected chi connectivity index (χ1v) is 10.9. The van der Waals surface area contributed by atoms with Gasteiger partial charge >= 0.3 is 0 Å². The first kappa shape index (κ1) is 20.9. The lowest BCUT2D eigenvalue weighted by Crippen LogP contribution is -2.25. The average Bonchev–Trinajstić information content (AvgIpc) is 3.08. The minimum atomic E-state index is -0.00855. The van der Waals surface area contributed by atoms with Crippen molar-refractivity contribution in [2.75, 3.05) is 6.54 Å². The van der Waals surface area contributed by atoms with Crippen LogP contribution in [0.15, 0.2) is 66.7 Å². The lowest BCUT2D eigenvalue weighted by molar-refractivity contribution is 0.0952. The summed E-state index contributed by atoms with van der Waals surface area (Å²) in [5.74, 6) is 1.05. The van der Waals surface area contributed by atoms with Crippen LogP contribution in [0.25, 0.3) is 11.0 Å². The zero-order valence-corrected chi connectivity index (χ0v) is 18.5. The van der Waals surface area contributed by atoms with Crippen molar-refractivity contribution in [2.24, 2.45) is 0 Å². The van der Waals surface area contributed by atoms with Crippen molar-refractivity contribution in [2.45, 2.75) is 40.2 Å². The highest BCUT2D eigenvalue weighted by molar-refractivity contribution is 5.95. The second-order valence-corrected chi connectivity index (χ2v) is 8.27. The van der Waals surface area contributed by atoms with Gasteiger partial charge in [-0.25, -0.2) is 4.98 Å². The summed E-state index contributed by atoms with van der Waals surface area (Å²) in [7, 11) is 0. The summed E-state index contributed by atoms with van der Waals surface area (Å²) in [6, 6.07) is 22.8. The molecule has 31 heavy (non-hydrogen) atoms. The summed E-state index contributed by atoms with van der Waals surface area (Å²) in [6.45, 7) is 7.56. The van der Waals surface area contributed by atoms with Crippen LogP contribution in [0, 0.1) is 20.8 Å². The van der Waals surface area contributed by atoms with Gasteiger partial charge in [0.25, 0.3) is 5.91 Å². The standard InChI is InChI=1S/C27H29N3O/c1-19-8-6-9-22(17-19)18-30-25-11-5-4-10-24(25)29-26(30)12-7-15-28-27(31)23-14-13-20(2)16-21(23)3/h4-6,8-11,13-14,16-17H,7,12,15,18H2,1-3H3,(H,28,31). The first-order chi connectivity index (χ1) is 15.0. The Kier molecular flexibility index (Phi) is 6.17. The van der Waals surface area contributed by atoms with Crippen LogP contribution in [0.1, 0.15) is 44.9 Å². The van der Waals surface area contributed by atoms with E-state index in [1.807, 2.05) is 38.1 Å². The molecule has 0 bridgehead atoms. The van der Waals surface area contributed by atoms with Gasteiger partial charge in [-0.05, 0) is 56.5 Å². The molecule has 0 aliphatic heterocycles. The van der Waals surface area contributed by atoms with Crippen LogP contribution in [0.3, 0.4) is 0 Å². The molecule has 0 saturated carbocycles. The summed E-state index contributed by atoms with van der Waals surface area (Å²) >= 11 is 0. The minimum absolute atomic E-state index is 0.00855. The Labute approximate surface area is 183 Å². The van der Waals surface area contributed by atoms with Crippen molar-refractivity contribution < 1.29 is 4.79 Å². The second kappa shape index (κ2) is 9.17. The predicted octanol–water partition coefficient (Wildman–Crippen LogP) is 5.37. The molecular weight excluding hydrogens is 382 g/mol. The van der Waals surface area contributed by atoms with E-state index in [4.69, 9.17) is 4.98 Å².